The van der Waals surface area contributed by atoms with Crippen molar-refractivity contribution in [1.82, 2.24) is 0 Å². The van der Waals surface area contributed by atoms with Crippen LogP contribution in [0.4, 0.5) is 0 Å². The van der Waals surface area contributed by atoms with Gasteiger partial charge in [-0.2, -0.15) is 0 Å². The van der Waals surface area contributed by atoms with Crippen molar-refractivity contribution in [1.29, 1.82) is 0 Å². The van der Waals surface area contributed by atoms with E-state index in [9.17, 15) is 9.59 Å². The van der Waals surface area contributed by atoms with Crippen LogP contribution in [0.2, 0.25) is 0 Å². The Labute approximate surface area is 167 Å². The van der Waals surface area contributed by atoms with Crippen LogP contribution in [-0.4, -0.2) is 44.0 Å². The van der Waals surface area contributed by atoms with Crippen LogP contribution in [0, 0.1) is 0 Å². The zero-order valence-corrected chi connectivity index (χ0v) is 16.9. The number of ether oxygens (including phenoxy) is 2. The van der Waals surface area contributed by atoms with E-state index in [0.29, 0.717) is 13.2 Å². The Morgan fingerprint density at radius 3 is 1.24 bits per heavy atom. The Kier molecular flexibility index (Phi) is 23.1. The van der Waals surface area contributed by atoms with Crippen molar-refractivity contribution < 1.29 is 19.1 Å². The van der Waals surface area contributed by atoms with Gasteiger partial charge in [0.2, 0.25) is 0 Å². The van der Waals surface area contributed by atoms with Crippen LogP contribution in [0.1, 0.15) is 104 Å². The van der Waals surface area contributed by atoms with Crippen LogP contribution in [-0.2, 0) is 19.1 Å². The molecule has 0 bridgehead atoms. The molecule has 0 aromatic rings. The number of hydrogen-bond acceptors (Lipinski definition) is 4. The minimum atomic E-state index is -0.292. The van der Waals surface area contributed by atoms with Gasteiger partial charge < -0.3 is 9.47 Å². The first-order chi connectivity index (χ1) is 11.7. The fourth-order valence-corrected chi connectivity index (χ4v) is 2.49. The summed E-state index contributed by atoms with van der Waals surface area (Å²) < 4.78 is 10.3. The van der Waals surface area contributed by atoms with E-state index in [-0.39, 0.29) is 43.6 Å². The van der Waals surface area contributed by atoms with Crippen LogP contribution in [0.15, 0.2) is 0 Å². The van der Waals surface area contributed by atoms with Crippen LogP contribution in [0.3, 0.4) is 0 Å². The Bertz CT molecular complexity index is 278. The summed E-state index contributed by atoms with van der Waals surface area (Å²) in [5.41, 5.74) is 0. The van der Waals surface area contributed by atoms with Gasteiger partial charge in [-0.25, -0.2) is 0 Å². The maximum absolute atomic E-state index is 11.5. The summed E-state index contributed by atoms with van der Waals surface area (Å²) in [7, 11) is 0. The largest absolute Gasteiger partial charge is 0.466 e. The first kappa shape index (κ1) is 26.8. The van der Waals surface area contributed by atoms with Crippen molar-refractivity contribution in [3.05, 3.63) is 0 Å². The molecule has 5 heteroatoms. The normalized spacial score (nSPS) is 10.2. The summed E-state index contributed by atoms with van der Waals surface area (Å²) in [6.45, 7) is 5.33. The van der Waals surface area contributed by atoms with Gasteiger partial charge in [-0.1, -0.05) is 78.1 Å². The van der Waals surface area contributed by atoms with E-state index in [4.69, 9.17) is 9.47 Å². The third kappa shape index (κ3) is 21.5. The maximum Gasteiger partial charge on any atom is 0.306 e. The van der Waals surface area contributed by atoms with Gasteiger partial charge in [-0.05, 0) is 12.8 Å². The Balaban J connectivity index is 0. The molecule has 0 aliphatic carbocycles. The SMILES string of the molecule is CCCCCCCCOC(=O)CCC(=O)OCCCCCCCC.[Li]. The second kappa shape index (κ2) is 21.6. The summed E-state index contributed by atoms with van der Waals surface area (Å²) in [6.07, 6.45) is 14.3. The number of esters is 2. The molecular formula is C20H38LiO4. The van der Waals surface area contributed by atoms with Gasteiger partial charge in [0, 0.05) is 18.9 Å². The molecule has 0 heterocycles. The average molecular weight is 349 g/mol. The fraction of sp³-hybridized carbons (Fsp3) is 0.900. The zero-order valence-electron chi connectivity index (χ0n) is 16.9. The van der Waals surface area contributed by atoms with E-state index in [2.05, 4.69) is 13.8 Å². The molecule has 0 spiro atoms. The van der Waals surface area contributed by atoms with E-state index >= 15 is 0 Å². The molecule has 0 aromatic heterocycles. The molecule has 0 rings (SSSR count). The second-order valence-corrected chi connectivity index (χ2v) is 6.48. The summed E-state index contributed by atoms with van der Waals surface area (Å²) in [4.78, 5) is 23.1. The van der Waals surface area contributed by atoms with Gasteiger partial charge in [0.05, 0.1) is 26.1 Å². The molecule has 143 valence electrons. The van der Waals surface area contributed by atoms with E-state index in [0.717, 1.165) is 25.7 Å². The van der Waals surface area contributed by atoms with Gasteiger partial charge in [-0.15, -0.1) is 0 Å². The minimum absolute atomic E-state index is 0. The van der Waals surface area contributed by atoms with E-state index in [1.807, 2.05) is 0 Å². The third-order valence-corrected chi connectivity index (χ3v) is 4.06. The van der Waals surface area contributed by atoms with Gasteiger partial charge in [0.15, 0.2) is 0 Å². The third-order valence-electron chi connectivity index (χ3n) is 4.06. The average Bonchev–Trinajstić information content (AvgIpc) is 2.58. The molecule has 0 saturated heterocycles. The first-order valence-corrected chi connectivity index (χ1v) is 10.0. The molecule has 25 heavy (non-hydrogen) atoms. The Hall–Kier alpha value is -0.463. The van der Waals surface area contributed by atoms with Crippen molar-refractivity contribution >= 4 is 30.8 Å². The predicted molar refractivity (Wildman–Crippen MR) is 104 cm³/mol. The van der Waals surface area contributed by atoms with Crippen molar-refractivity contribution in [3.8, 4) is 0 Å². The van der Waals surface area contributed by atoms with Crippen LogP contribution < -0.4 is 0 Å². The fourth-order valence-electron chi connectivity index (χ4n) is 2.49. The van der Waals surface area contributed by atoms with Crippen molar-refractivity contribution in [2.24, 2.45) is 0 Å². The number of hydrogen-bond donors (Lipinski definition) is 0. The molecule has 4 nitrogen and oxygen atoms in total. The van der Waals surface area contributed by atoms with Gasteiger partial charge in [0.1, 0.15) is 0 Å². The van der Waals surface area contributed by atoms with E-state index < -0.39 is 0 Å². The molecule has 1 radical (unpaired) electrons. The van der Waals surface area contributed by atoms with E-state index in [1.54, 1.807) is 0 Å². The Morgan fingerprint density at radius 1 is 0.560 bits per heavy atom. The summed E-state index contributed by atoms with van der Waals surface area (Å²) in [6, 6.07) is 0. The molecule has 0 saturated carbocycles. The molecule has 0 amide bonds. The number of rotatable bonds is 17. The minimum Gasteiger partial charge on any atom is -0.466 e. The molecule has 0 unspecified atom stereocenters. The summed E-state index contributed by atoms with van der Waals surface area (Å²) >= 11 is 0. The zero-order chi connectivity index (χ0) is 17.9. The van der Waals surface area contributed by atoms with E-state index in [1.165, 1.54) is 51.4 Å². The van der Waals surface area contributed by atoms with Crippen LogP contribution in [0.5, 0.6) is 0 Å². The summed E-state index contributed by atoms with van der Waals surface area (Å²) in [5.74, 6) is -0.583. The number of carbonyl (C=O) groups excluding carboxylic acids is 2. The van der Waals surface area contributed by atoms with Gasteiger partial charge in [0.25, 0.3) is 0 Å². The maximum atomic E-state index is 11.5. The van der Waals surface area contributed by atoms with Gasteiger partial charge >= 0.3 is 11.9 Å². The van der Waals surface area contributed by atoms with Crippen molar-refractivity contribution in [3.63, 3.8) is 0 Å². The van der Waals surface area contributed by atoms with Crippen LogP contribution >= 0.6 is 0 Å². The first-order valence-electron chi connectivity index (χ1n) is 10.0. The van der Waals surface area contributed by atoms with Crippen molar-refractivity contribution in [2.75, 3.05) is 13.2 Å². The quantitative estimate of drug-likeness (QED) is 0.206. The Morgan fingerprint density at radius 2 is 0.880 bits per heavy atom. The molecular weight excluding hydrogens is 311 g/mol. The summed E-state index contributed by atoms with van der Waals surface area (Å²) in [5, 5.41) is 0. The van der Waals surface area contributed by atoms with Crippen LogP contribution in [0.25, 0.3) is 0 Å². The predicted octanol–water partition coefficient (Wildman–Crippen LogP) is 5.19. The molecule has 0 aromatic carbocycles. The monoisotopic (exact) mass is 349 g/mol. The molecule has 0 aliphatic rings. The standard InChI is InChI=1S/C20H38O4.Li/c1-3-5-7-9-11-13-17-23-19(21)15-16-20(22)24-18-14-12-10-8-6-4-2;/h3-18H2,1-2H3;. The van der Waals surface area contributed by atoms with Crippen molar-refractivity contribution in [2.45, 2.75) is 104 Å². The molecule has 0 N–H and O–H groups in total. The number of carbonyl (C=O) groups is 2. The molecule has 0 atom stereocenters. The van der Waals surface area contributed by atoms with Gasteiger partial charge in [-0.3, -0.25) is 9.59 Å². The topological polar surface area (TPSA) is 52.6 Å². The second-order valence-electron chi connectivity index (χ2n) is 6.48. The number of unbranched alkanes of at least 4 members (excludes halogenated alkanes) is 10. The molecule has 0 fully saturated rings. The molecule has 0 aliphatic heterocycles. The smallest absolute Gasteiger partial charge is 0.306 e.